The summed E-state index contributed by atoms with van der Waals surface area (Å²) in [6, 6.07) is 0. The molecule has 0 bridgehead atoms. The van der Waals surface area contributed by atoms with Crippen LogP contribution in [0.25, 0.3) is 0 Å². The van der Waals surface area contributed by atoms with Crippen LogP contribution >= 0.6 is 11.8 Å². The van der Waals surface area contributed by atoms with Crippen molar-refractivity contribution in [3.8, 4) is 0 Å². The minimum absolute atomic E-state index is 0.0280. The fourth-order valence-electron chi connectivity index (χ4n) is 0.333. The lowest BCUT2D eigenvalue weighted by molar-refractivity contribution is -0.161. The van der Waals surface area contributed by atoms with E-state index in [1.165, 1.54) is 0 Å². The van der Waals surface area contributed by atoms with Gasteiger partial charge in [-0.25, -0.2) is 4.79 Å². The summed E-state index contributed by atoms with van der Waals surface area (Å²) in [5.74, 6) is -6.29. The van der Waals surface area contributed by atoms with Gasteiger partial charge in [-0.15, -0.1) is 0 Å². The predicted octanol–water partition coefficient (Wildman–Crippen LogP) is 1.85. The van der Waals surface area contributed by atoms with Crippen LogP contribution in [0.5, 0.6) is 0 Å². The zero-order chi connectivity index (χ0) is 9.07. The van der Waals surface area contributed by atoms with E-state index in [1.807, 2.05) is 0 Å². The maximum atomic E-state index is 12.3. The molecule has 0 aliphatic rings. The Morgan fingerprint density at radius 2 is 2.09 bits per heavy atom. The van der Waals surface area contributed by atoms with E-state index in [-0.39, 0.29) is 5.25 Å². The second kappa shape index (κ2) is 3.90. The molecule has 66 valence electrons. The highest BCUT2D eigenvalue weighted by molar-refractivity contribution is 7.99. The van der Waals surface area contributed by atoms with Crippen molar-refractivity contribution in [2.24, 2.45) is 0 Å². The highest BCUT2D eigenvalue weighted by Crippen LogP contribution is 2.22. The van der Waals surface area contributed by atoms with E-state index >= 15 is 0 Å². The minimum Gasteiger partial charge on any atom is -0.477 e. The number of rotatable bonds is 4. The minimum atomic E-state index is -3.59. The van der Waals surface area contributed by atoms with E-state index in [0.717, 1.165) is 11.8 Å². The number of carbonyl (C=O) groups is 1. The van der Waals surface area contributed by atoms with Gasteiger partial charge in [-0.1, -0.05) is 13.8 Å². The normalized spacial score (nSPS) is 12.1. The first kappa shape index (κ1) is 10.7. The van der Waals surface area contributed by atoms with Crippen molar-refractivity contribution in [2.75, 3.05) is 5.75 Å². The smallest absolute Gasteiger partial charge is 0.375 e. The quantitative estimate of drug-likeness (QED) is 0.724. The highest BCUT2D eigenvalue weighted by atomic mass is 32.2. The number of carboxylic acid groups (broad SMARTS) is 1. The van der Waals surface area contributed by atoms with Crippen LogP contribution in [-0.4, -0.2) is 28.0 Å². The van der Waals surface area contributed by atoms with Gasteiger partial charge in [-0.05, 0) is 5.25 Å². The molecule has 0 aromatic carbocycles. The number of thioether (sulfide) groups is 1. The summed E-state index contributed by atoms with van der Waals surface area (Å²) in [6.45, 7) is 3.48. The third-order valence-electron chi connectivity index (χ3n) is 0.911. The van der Waals surface area contributed by atoms with Gasteiger partial charge in [0.05, 0.1) is 5.75 Å². The highest BCUT2D eigenvalue weighted by Gasteiger charge is 2.38. The molecule has 0 saturated heterocycles. The zero-order valence-corrected chi connectivity index (χ0v) is 7.12. The molecule has 5 heteroatoms. The standard InChI is InChI=1S/C6H10F2O2S/c1-4(2)11-3-6(7,8)5(9)10/h4H,3H2,1-2H3,(H,9,10). The van der Waals surface area contributed by atoms with E-state index in [9.17, 15) is 13.6 Å². The molecule has 0 rings (SSSR count). The van der Waals surface area contributed by atoms with Crippen LogP contribution in [0.2, 0.25) is 0 Å². The van der Waals surface area contributed by atoms with Gasteiger partial charge in [0, 0.05) is 0 Å². The molecule has 0 unspecified atom stereocenters. The van der Waals surface area contributed by atoms with E-state index < -0.39 is 17.6 Å². The number of hydrogen-bond donors (Lipinski definition) is 1. The first-order chi connectivity index (χ1) is 4.86. The number of halogens is 2. The van der Waals surface area contributed by atoms with Gasteiger partial charge >= 0.3 is 11.9 Å². The van der Waals surface area contributed by atoms with E-state index in [4.69, 9.17) is 5.11 Å². The molecule has 0 aromatic heterocycles. The van der Waals surface area contributed by atoms with Gasteiger partial charge in [0.2, 0.25) is 0 Å². The van der Waals surface area contributed by atoms with E-state index in [0.29, 0.717) is 0 Å². The predicted molar refractivity (Wildman–Crippen MR) is 40.2 cm³/mol. The van der Waals surface area contributed by atoms with Gasteiger partial charge < -0.3 is 5.11 Å². The Bertz CT molecular complexity index is 148. The van der Waals surface area contributed by atoms with Crippen LogP contribution in [0.4, 0.5) is 8.78 Å². The molecule has 1 N–H and O–H groups in total. The molecule has 2 nitrogen and oxygen atoms in total. The second-order valence-corrected chi connectivity index (χ2v) is 3.93. The SMILES string of the molecule is CC(C)SCC(F)(F)C(=O)O. The van der Waals surface area contributed by atoms with Gasteiger partial charge in [0.25, 0.3) is 0 Å². The molecule has 0 aromatic rings. The number of carboxylic acids is 1. The van der Waals surface area contributed by atoms with Crippen LogP contribution in [0.1, 0.15) is 13.8 Å². The maximum absolute atomic E-state index is 12.3. The summed E-state index contributed by atoms with van der Waals surface area (Å²) in [5, 5.41) is 8.02. The van der Waals surface area contributed by atoms with Crippen molar-refractivity contribution < 1.29 is 18.7 Å². The Morgan fingerprint density at radius 1 is 1.64 bits per heavy atom. The first-order valence-electron chi connectivity index (χ1n) is 3.09. The third kappa shape index (κ3) is 4.19. The molecule has 0 atom stereocenters. The van der Waals surface area contributed by atoms with Crippen LogP contribution in [0, 0.1) is 0 Å². The van der Waals surface area contributed by atoms with Crippen molar-refractivity contribution >= 4 is 17.7 Å². The Hall–Kier alpha value is -0.320. The lowest BCUT2D eigenvalue weighted by atomic mass is 10.4. The summed E-state index contributed by atoms with van der Waals surface area (Å²) < 4.78 is 24.6. The molecule has 0 spiro atoms. The largest absolute Gasteiger partial charge is 0.477 e. The summed E-state index contributed by atoms with van der Waals surface area (Å²) in [4.78, 5) is 9.87. The molecular weight excluding hydrogens is 174 g/mol. The van der Waals surface area contributed by atoms with Crippen LogP contribution in [0.15, 0.2) is 0 Å². The number of hydrogen-bond acceptors (Lipinski definition) is 2. The molecule has 0 radical (unpaired) electrons. The average molecular weight is 184 g/mol. The summed E-state index contributed by atoms with van der Waals surface area (Å²) in [6.07, 6.45) is 0. The van der Waals surface area contributed by atoms with E-state index in [1.54, 1.807) is 13.8 Å². The number of alkyl halides is 2. The zero-order valence-electron chi connectivity index (χ0n) is 6.30. The monoisotopic (exact) mass is 184 g/mol. The van der Waals surface area contributed by atoms with Gasteiger partial charge in [0.15, 0.2) is 0 Å². The van der Waals surface area contributed by atoms with Crippen molar-refractivity contribution in [1.29, 1.82) is 0 Å². The molecule has 0 aliphatic heterocycles. The maximum Gasteiger partial charge on any atom is 0.375 e. The molecule has 0 fully saturated rings. The molecule has 0 heterocycles. The van der Waals surface area contributed by atoms with Crippen LogP contribution in [-0.2, 0) is 4.79 Å². The molecular formula is C6H10F2O2S. The van der Waals surface area contributed by atoms with Crippen molar-refractivity contribution in [1.82, 2.24) is 0 Å². The summed E-state index contributed by atoms with van der Waals surface area (Å²) in [5.41, 5.74) is 0. The summed E-state index contributed by atoms with van der Waals surface area (Å²) in [7, 11) is 0. The van der Waals surface area contributed by atoms with Crippen molar-refractivity contribution in [3.05, 3.63) is 0 Å². The average Bonchev–Trinajstić information content (AvgIpc) is 1.84. The van der Waals surface area contributed by atoms with Gasteiger partial charge in [-0.3, -0.25) is 0 Å². The molecule has 0 aliphatic carbocycles. The fourth-order valence-corrected chi connectivity index (χ4v) is 0.999. The lowest BCUT2D eigenvalue weighted by Crippen LogP contribution is -2.31. The topological polar surface area (TPSA) is 37.3 Å². The fraction of sp³-hybridized carbons (Fsp3) is 0.833. The molecule has 11 heavy (non-hydrogen) atoms. The van der Waals surface area contributed by atoms with Crippen molar-refractivity contribution in [3.63, 3.8) is 0 Å². The molecule has 0 amide bonds. The first-order valence-corrected chi connectivity index (χ1v) is 4.14. The Morgan fingerprint density at radius 3 is 2.36 bits per heavy atom. The Labute approximate surface area is 68.0 Å². The van der Waals surface area contributed by atoms with Crippen molar-refractivity contribution in [2.45, 2.75) is 25.0 Å². The third-order valence-corrected chi connectivity index (χ3v) is 2.11. The van der Waals surface area contributed by atoms with Gasteiger partial charge in [-0.2, -0.15) is 20.5 Å². The Balaban J connectivity index is 3.83. The van der Waals surface area contributed by atoms with E-state index in [2.05, 4.69) is 0 Å². The van der Waals surface area contributed by atoms with Crippen LogP contribution < -0.4 is 0 Å². The summed E-state index contributed by atoms with van der Waals surface area (Å²) >= 11 is 0.936. The Kier molecular flexibility index (Phi) is 3.78. The second-order valence-electron chi connectivity index (χ2n) is 2.37. The number of aliphatic carboxylic acids is 1. The van der Waals surface area contributed by atoms with Gasteiger partial charge in [0.1, 0.15) is 0 Å². The van der Waals surface area contributed by atoms with Crippen LogP contribution in [0.3, 0.4) is 0 Å². The molecule has 0 saturated carbocycles. The lowest BCUT2D eigenvalue weighted by Gasteiger charge is -2.11.